The van der Waals surface area contributed by atoms with Gasteiger partial charge in [0.15, 0.2) is 0 Å². The Bertz CT molecular complexity index is 915. The number of nitrogens with two attached hydrogens (primary N) is 1. The third kappa shape index (κ3) is 6.38. The third-order valence-corrected chi connectivity index (χ3v) is 7.85. The largest absolute Gasteiger partial charge is 0.352 e. The first-order valence-corrected chi connectivity index (χ1v) is 13.0. The molecular formula is C26H39N3O2S. The van der Waals surface area contributed by atoms with E-state index in [-0.39, 0.29) is 30.1 Å². The fraction of sp³-hybridized carbons (Fsp3) is 0.654. The minimum atomic E-state index is -0.410. The zero-order chi connectivity index (χ0) is 23.3. The second-order valence-corrected chi connectivity index (χ2v) is 11.1. The summed E-state index contributed by atoms with van der Waals surface area (Å²) in [7, 11) is 0. The van der Waals surface area contributed by atoms with Crippen molar-refractivity contribution < 1.29 is 9.59 Å². The van der Waals surface area contributed by atoms with Crippen LogP contribution in [-0.2, 0) is 16.0 Å². The van der Waals surface area contributed by atoms with E-state index in [1.165, 1.54) is 24.8 Å². The number of carbonyl (C=O) groups is 2. The zero-order valence-corrected chi connectivity index (χ0v) is 20.8. The zero-order valence-electron chi connectivity index (χ0n) is 20.0. The highest BCUT2D eigenvalue weighted by atomic mass is 32.1. The van der Waals surface area contributed by atoms with Gasteiger partial charge < -0.3 is 11.1 Å². The molecule has 176 valence electrons. The van der Waals surface area contributed by atoms with Crippen molar-refractivity contribution >= 4 is 33.2 Å². The predicted molar refractivity (Wildman–Crippen MR) is 133 cm³/mol. The first-order valence-electron chi connectivity index (χ1n) is 12.2. The first-order chi connectivity index (χ1) is 15.3. The second kappa shape index (κ2) is 11.4. The van der Waals surface area contributed by atoms with Crippen molar-refractivity contribution in [1.29, 1.82) is 0 Å². The molecule has 1 aromatic carbocycles. The second-order valence-electron chi connectivity index (χ2n) is 9.96. The average Bonchev–Trinajstić information content (AvgIpc) is 3.18. The lowest BCUT2D eigenvalue weighted by Crippen LogP contribution is -2.48. The van der Waals surface area contributed by atoms with Crippen LogP contribution in [0.15, 0.2) is 18.2 Å². The van der Waals surface area contributed by atoms with Gasteiger partial charge in [0.2, 0.25) is 5.91 Å². The van der Waals surface area contributed by atoms with Crippen molar-refractivity contribution in [3.8, 4) is 0 Å². The van der Waals surface area contributed by atoms with Crippen LogP contribution in [0.25, 0.3) is 10.2 Å². The first kappa shape index (κ1) is 24.8. The van der Waals surface area contributed by atoms with Gasteiger partial charge in [-0.15, -0.1) is 11.3 Å². The van der Waals surface area contributed by atoms with Gasteiger partial charge in [0.05, 0.1) is 21.1 Å². The Kier molecular flexibility index (Phi) is 8.83. The summed E-state index contributed by atoms with van der Waals surface area (Å²) in [4.78, 5) is 30.7. The highest BCUT2D eigenvalue weighted by Crippen LogP contribution is 2.29. The lowest BCUT2D eigenvalue weighted by molar-refractivity contribution is -0.131. The van der Waals surface area contributed by atoms with Gasteiger partial charge in [0, 0.05) is 31.3 Å². The van der Waals surface area contributed by atoms with Crippen LogP contribution >= 0.6 is 11.3 Å². The van der Waals surface area contributed by atoms with Crippen molar-refractivity contribution in [1.82, 2.24) is 10.3 Å². The predicted octanol–water partition coefficient (Wildman–Crippen LogP) is 5.22. The molecule has 1 aliphatic carbocycles. The van der Waals surface area contributed by atoms with Crippen LogP contribution in [-0.4, -0.2) is 29.3 Å². The molecule has 3 N–H and O–H groups in total. The van der Waals surface area contributed by atoms with Crippen molar-refractivity contribution in [3.05, 3.63) is 28.8 Å². The van der Waals surface area contributed by atoms with Crippen molar-refractivity contribution in [3.63, 3.8) is 0 Å². The summed E-state index contributed by atoms with van der Waals surface area (Å²) in [5.41, 5.74) is 8.30. The monoisotopic (exact) mass is 457 g/mol. The van der Waals surface area contributed by atoms with E-state index in [2.05, 4.69) is 37.4 Å². The van der Waals surface area contributed by atoms with E-state index >= 15 is 0 Å². The summed E-state index contributed by atoms with van der Waals surface area (Å²) in [5, 5.41) is 4.14. The number of fused-ring (bicyclic) bond motifs is 1. The Labute approximate surface area is 196 Å². The summed E-state index contributed by atoms with van der Waals surface area (Å²) in [6.45, 7) is 8.60. The molecule has 1 saturated carbocycles. The number of carbonyl (C=O) groups excluding carboxylic acids is 2. The fourth-order valence-electron chi connectivity index (χ4n) is 4.59. The SMILES string of the molecule is CC(C)C(=O)C[C@@H](Cc1nc2ccc(C(C)C)cc2s1)C(=O)N[C@H](CN)C1CCCCC1. The van der Waals surface area contributed by atoms with Crippen LogP contribution in [0, 0.1) is 17.8 Å². The van der Waals surface area contributed by atoms with Gasteiger partial charge in [-0.05, 0) is 42.4 Å². The number of nitrogens with one attached hydrogen (secondary N) is 1. The molecule has 1 fully saturated rings. The summed E-state index contributed by atoms with van der Waals surface area (Å²) in [5.74, 6) is 0.472. The lowest BCUT2D eigenvalue weighted by Gasteiger charge is -2.31. The smallest absolute Gasteiger partial charge is 0.224 e. The molecular weight excluding hydrogens is 418 g/mol. The number of thiazole rings is 1. The maximum atomic E-state index is 13.3. The van der Waals surface area contributed by atoms with Gasteiger partial charge in [-0.3, -0.25) is 9.59 Å². The van der Waals surface area contributed by atoms with Gasteiger partial charge >= 0.3 is 0 Å². The standard InChI is InChI=1S/C26H39N3O2S/c1-16(2)19-10-11-21-24(13-19)32-25(28-21)14-20(12-23(30)17(3)4)26(31)29-22(15-27)18-8-6-5-7-9-18/h10-11,13,16-18,20,22H,5-9,12,14-15,27H2,1-4H3,(H,29,31)/t20-,22+/m0/s1. The number of nitrogens with zero attached hydrogens (tertiary/aromatic N) is 1. The van der Waals surface area contributed by atoms with E-state index in [4.69, 9.17) is 10.7 Å². The number of amides is 1. The molecule has 3 rings (SSSR count). The number of aromatic nitrogens is 1. The van der Waals surface area contributed by atoms with Gasteiger partial charge in [0.25, 0.3) is 0 Å². The molecule has 0 unspecified atom stereocenters. The maximum Gasteiger partial charge on any atom is 0.224 e. The quantitative estimate of drug-likeness (QED) is 0.512. The van der Waals surface area contributed by atoms with Crippen LogP contribution in [0.4, 0.5) is 0 Å². The molecule has 1 aromatic heterocycles. The van der Waals surface area contributed by atoms with Gasteiger partial charge in [-0.25, -0.2) is 4.98 Å². The maximum absolute atomic E-state index is 13.3. The number of ketones is 1. The van der Waals surface area contributed by atoms with Crippen LogP contribution in [0.2, 0.25) is 0 Å². The van der Waals surface area contributed by atoms with Crippen LogP contribution in [0.3, 0.4) is 0 Å². The number of Topliss-reactive ketones (excluding diaryl/α,β-unsaturated/α-hetero) is 1. The molecule has 2 aromatic rings. The van der Waals surface area contributed by atoms with Crippen LogP contribution < -0.4 is 11.1 Å². The molecule has 0 aliphatic heterocycles. The van der Waals surface area contributed by atoms with Gasteiger partial charge in [-0.1, -0.05) is 53.0 Å². The third-order valence-electron chi connectivity index (χ3n) is 6.81. The molecule has 0 saturated heterocycles. The Hall–Kier alpha value is -1.79. The molecule has 1 amide bonds. The van der Waals surface area contributed by atoms with Crippen molar-refractivity contribution in [2.24, 2.45) is 23.5 Å². The lowest BCUT2D eigenvalue weighted by atomic mass is 9.83. The van der Waals surface area contributed by atoms with E-state index in [9.17, 15) is 9.59 Å². The molecule has 0 spiro atoms. The Morgan fingerprint density at radius 2 is 1.88 bits per heavy atom. The minimum absolute atomic E-state index is 0.0107. The molecule has 2 atom stereocenters. The van der Waals surface area contributed by atoms with Crippen molar-refractivity contribution in [2.75, 3.05) is 6.54 Å². The highest BCUT2D eigenvalue weighted by molar-refractivity contribution is 7.18. The van der Waals surface area contributed by atoms with E-state index in [1.54, 1.807) is 11.3 Å². The fourth-order valence-corrected chi connectivity index (χ4v) is 5.68. The average molecular weight is 458 g/mol. The van der Waals surface area contributed by atoms with E-state index in [1.807, 2.05) is 13.8 Å². The van der Waals surface area contributed by atoms with Crippen molar-refractivity contribution in [2.45, 2.75) is 84.6 Å². The number of hydrogen-bond acceptors (Lipinski definition) is 5. The Morgan fingerprint density at radius 3 is 2.50 bits per heavy atom. The summed E-state index contributed by atoms with van der Waals surface area (Å²) >= 11 is 1.64. The highest BCUT2D eigenvalue weighted by Gasteiger charge is 2.29. The molecule has 6 heteroatoms. The summed E-state index contributed by atoms with van der Waals surface area (Å²) < 4.78 is 1.14. The molecule has 0 radical (unpaired) electrons. The number of hydrogen-bond donors (Lipinski definition) is 2. The summed E-state index contributed by atoms with van der Waals surface area (Å²) in [6.07, 6.45) is 6.65. The summed E-state index contributed by atoms with van der Waals surface area (Å²) in [6, 6.07) is 6.37. The van der Waals surface area contributed by atoms with E-state index < -0.39 is 5.92 Å². The minimum Gasteiger partial charge on any atom is -0.352 e. The Balaban J connectivity index is 1.77. The normalized spacial score (nSPS) is 17.1. The topological polar surface area (TPSA) is 85.1 Å². The Morgan fingerprint density at radius 1 is 1.16 bits per heavy atom. The van der Waals surface area contributed by atoms with E-state index in [0.29, 0.717) is 24.8 Å². The number of rotatable bonds is 10. The molecule has 32 heavy (non-hydrogen) atoms. The van der Waals surface area contributed by atoms with Crippen LogP contribution in [0.1, 0.15) is 82.7 Å². The van der Waals surface area contributed by atoms with Crippen LogP contribution in [0.5, 0.6) is 0 Å². The molecule has 0 bridgehead atoms. The van der Waals surface area contributed by atoms with Gasteiger partial charge in [0.1, 0.15) is 5.78 Å². The number of benzene rings is 1. The molecule has 1 heterocycles. The molecule has 1 aliphatic rings. The van der Waals surface area contributed by atoms with E-state index in [0.717, 1.165) is 28.1 Å². The molecule has 5 nitrogen and oxygen atoms in total. The van der Waals surface area contributed by atoms with Gasteiger partial charge in [-0.2, -0.15) is 0 Å².